The first-order valence-electron chi connectivity index (χ1n) is 9.90. The van der Waals surface area contributed by atoms with Gasteiger partial charge in [-0.2, -0.15) is 0 Å². The number of methoxy groups -OCH3 is 1. The molecule has 0 amide bonds. The van der Waals surface area contributed by atoms with Gasteiger partial charge in [-0.25, -0.2) is 9.78 Å². The Morgan fingerprint density at radius 3 is 2.44 bits per heavy atom. The van der Waals surface area contributed by atoms with E-state index in [1.807, 2.05) is 36.4 Å². The van der Waals surface area contributed by atoms with E-state index in [0.717, 1.165) is 38.5 Å². The van der Waals surface area contributed by atoms with Crippen molar-refractivity contribution in [3.05, 3.63) is 94.7 Å². The Morgan fingerprint density at radius 2 is 1.75 bits per heavy atom. The molecule has 0 aliphatic carbocycles. The smallest absolute Gasteiger partial charge is 0.337 e. The lowest BCUT2D eigenvalue weighted by Gasteiger charge is -2.12. The largest absolute Gasteiger partial charge is 0.465 e. The Hall–Kier alpha value is -4.52. The second-order valence-corrected chi connectivity index (χ2v) is 7.32. The summed E-state index contributed by atoms with van der Waals surface area (Å²) in [5.41, 5.74) is 5.55. The van der Waals surface area contributed by atoms with Gasteiger partial charge in [-0.05, 0) is 41.5 Å². The lowest BCUT2D eigenvalue weighted by Crippen LogP contribution is -2.00. The number of nitrogens with zero attached hydrogens (tertiary/aromatic N) is 2. The average Bonchev–Trinajstić information content (AvgIpc) is 3.21. The lowest BCUT2D eigenvalue weighted by atomic mass is 9.92. The van der Waals surface area contributed by atoms with E-state index in [9.17, 15) is 14.9 Å². The minimum absolute atomic E-state index is 0.0267. The number of esters is 1. The van der Waals surface area contributed by atoms with Gasteiger partial charge in [0.2, 0.25) is 0 Å². The number of aromatic amines is 1. The summed E-state index contributed by atoms with van der Waals surface area (Å²) in [7, 11) is 1.35. The Balaban J connectivity index is 1.85. The van der Waals surface area contributed by atoms with Crippen LogP contribution in [0, 0.1) is 10.1 Å². The Morgan fingerprint density at radius 1 is 1.00 bits per heavy atom. The molecule has 5 rings (SSSR count). The van der Waals surface area contributed by atoms with E-state index in [0.29, 0.717) is 11.2 Å². The summed E-state index contributed by atoms with van der Waals surface area (Å²) in [4.78, 5) is 30.8. The molecule has 156 valence electrons. The van der Waals surface area contributed by atoms with Crippen LogP contribution in [0.4, 0.5) is 5.69 Å². The number of pyridine rings is 1. The molecule has 0 bridgehead atoms. The van der Waals surface area contributed by atoms with Crippen molar-refractivity contribution in [1.29, 1.82) is 0 Å². The van der Waals surface area contributed by atoms with E-state index < -0.39 is 10.9 Å². The van der Waals surface area contributed by atoms with E-state index in [2.05, 4.69) is 9.97 Å². The highest BCUT2D eigenvalue weighted by Crippen LogP contribution is 2.40. The number of rotatable bonds is 4. The standard InChI is InChI=1S/C25H17N3O4/c1-32-25(29)17-9-12-21-19(13-17)23-22(16-5-3-2-4-6-16)20(14-26-24(23)27-21)15-7-10-18(11-8-15)28(30)31/h2-14H,1H3,(H,26,27). The Bertz CT molecular complexity index is 1490. The number of non-ortho nitro benzene ring substituents is 1. The third kappa shape index (κ3) is 3.16. The number of aromatic nitrogens is 2. The van der Waals surface area contributed by atoms with Crippen LogP contribution in [0.25, 0.3) is 44.2 Å². The second-order valence-electron chi connectivity index (χ2n) is 7.32. The quantitative estimate of drug-likeness (QED) is 0.226. The predicted molar refractivity (Wildman–Crippen MR) is 122 cm³/mol. The number of nitrogens with one attached hydrogen (secondary N) is 1. The van der Waals surface area contributed by atoms with Crippen molar-refractivity contribution in [2.75, 3.05) is 7.11 Å². The van der Waals surface area contributed by atoms with Crippen molar-refractivity contribution in [1.82, 2.24) is 9.97 Å². The number of benzene rings is 3. The molecular formula is C25H17N3O4. The van der Waals surface area contributed by atoms with Gasteiger partial charge in [0.25, 0.3) is 5.69 Å². The molecule has 2 heterocycles. The summed E-state index contributed by atoms with van der Waals surface area (Å²) in [6, 6.07) is 21.6. The number of carbonyl (C=O) groups excluding carboxylic acids is 1. The summed E-state index contributed by atoms with van der Waals surface area (Å²) in [6.07, 6.45) is 1.77. The molecule has 0 fully saturated rings. The van der Waals surface area contributed by atoms with Crippen LogP contribution in [-0.4, -0.2) is 28.0 Å². The van der Waals surface area contributed by atoms with Gasteiger partial charge in [0.1, 0.15) is 5.65 Å². The number of nitro benzene ring substituents is 1. The number of hydrogen-bond acceptors (Lipinski definition) is 5. The summed E-state index contributed by atoms with van der Waals surface area (Å²) >= 11 is 0. The van der Waals surface area contributed by atoms with Gasteiger partial charge in [0.15, 0.2) is 0 Å². The highest BCUT2D eigenvalue weighted by atomic mass is 16.6. The van der Waals surface area contributed by atoms with Crippen LogP contribution in [-0.2, 0) is 4.74 Å². The highest BCUT2D eigenvalue weighted by Gasteiger charge is 2.19. The zero-order chi connectivity index (χ0) is 22.2. The highest BCUT2D eigenvalue weighted by molar-refractivity contribution is 6.17. The molecule has 32 heavy (non-hydrogen) atoms. The van der Waals surface area contributed by atoms with E-state index in [4.69, 9.17) is 4.74 Å². The molecule has 0 saturated carbocycles. The summed E-state index contributed by atoms with van der Waals surface area (Å²) in [5, 5.41) is 12.8. The predicted octanol–water partition coefficient (Wildman–Crippen LogP) is 5.74. The molecule has 0 saturated heterocycles. The minimum atomic E-state index is -0.419. The van der Waals surface area contributed by atoms with E-state index in [-0.39, 0.29) is 5.69 Å². The normalized spacial score (nSPS) is 11.0. The molecule has 0 aliphatic rings. The molecule has 7 heteroatoms. The molecule has 3 aromatic carbocycles. The van der Waals surface area contributed by atoms with Crippen molar-refractivity contribution < 1.29 is 14.5 Å². The summed E-state index contributed by atoms with van der Waals surface area (Å²) in [6.45, 7) is 0. The van der Waals surface area contributed by atoms with Crippen LogP contribution in [0.3, 0.4) is 0 Å². The van der Waals surface area contributed by atoms with Crippen molar-refractivity contribution in [2.45, 2.75) is 0 Å². The first-order chi connectivity index (χ1) is 15.6. The van der Waals surface area contributed by atoms with E-state index in [1.165, 1.54) is 19.2 Å². The SMILES string of the molecule is COC(=O)c1ccc2[nH]c3ncc(-c4ccc([N+](=O)[O-])cc4)c(-c4ccccc4)c3c2c1. The number of ether oxygens (including phenoxy) is 1. The fourth-order valence-electron chi connectivity index (χ4n) is 3.99. The third-order valence-corrected chi connectivity index (χ3v) is 5.49. The average molecular weight is 423 g/mol. The maximum atomic E-state index is 12.1. The summed E-state index contributed by atoms with van der Waals surface area (Å²) < 4.78 is 4.89. The maximum absolute atomic E-state index is 12.1. The van der Waals surface area contributed by atoms with Crippen LogP contribution >= 0.6 is 0 Å². The van der Waals surface area contributed by atoms with Crippen LogP contribution in [0.15, 0.2) is 79.0 Å². The molecule has 0 unspecified atom stereocenters. The number of fused-ring (bicyclic) bond motifs is 3. The van der Waals surface area contributed by atoms with Crippen molar-refractivity contribution >= 4 is 33.6 Å². The van der Waals surface area contributed by atoms with Gasteiger partial charge in [0, 0.05) is 45.7 Å². The molecular weight excluding hydrogens is 406 g/mol. The second kappa shape index (κ2) is 7.63. The third-order valence-electron chi connectivity index (χ3n) is 5.49. The zero-order valence-corrected chi connectivity index (χ0v) is 17.0. The Labute approximate surface area is 182 Å². The molecule has 0 aliphatic heterocycles. The summed E-state index contributed by atoms with van der Waals surface area (Å²) in [5.74, 6) is -0.415. The molecule has 0 atom stereocenters. The maximum Gasteiger partial charge on any atom is 0.337 e. The van der Waals surface area contributed by atoms with Crippen LogP contribution in [0.1, 0.15) is 10.4 Å². The van der Waals surface area contributed by atoms with Gasteiger partial charge in [0.05, 0.1) is 17.6 Å². The number of hydrogen-bond donors (Lipinski definition) is 1. The molecule has 0 radical (unpaired) electrons. The van der Waals surface area contributed by atoms with E-state index in [1.54, 1.807) is 30.5 Å². The molecule has 0 spiro atoms. The van der Waals surface area contributed by atoms with Crippen LogP contribution in [0.2, 0.25) is 0 Å². The topological polar surface area (TPSA) is 98.1 Å². The minimum Gasteiger partial charge on any atom is -0.465 e. The van der Waals surface area contributed by atoms with Gasteiger partial charge >= 0.3 is 5.97 Å². The zero-order valence-electron chi connectivity index (χ0n) is 17.0. The fraction of sp³-hybridized carbons (Fsp3) is 0.0400. The number of carbonyl (C=O) groups is 1. The van der Waals surface area contributed by atoms with Gasteiger partial charge in [-0.1, -0.05) is 30.3 Å². The number of nitro groups is 1. The molecule has 2 aromatic heterocycles. The lowest BCUT2D eigenvalue weighted by molar-refractivity contribution is -0.384. The van der Waals surface area contributed by atoms with Crippen LogP contribution in [0.5, 0.6) is 0 Å². The first-order valence-corrected chi connectivity index (χ1v) is 9.90. The van der Waals surface area contributed by atoms with Gasteiger partial charge < -0.3 is 9.72 Å². The van der Waals surface area contributed by atoms with Crippen molar-refractivity contribution in [3.63, 3.8) is 0 Å². The van der Waals surface area contributed by atoms with E-state index >= 15 is 0 Å². The molecule has 1 N–H and O–H groups in total. The Kier molecular flexibility index (Phi) is 4.63. The fourth-order valence-corrected chi connectivity index (χ4v) is 3.99. The van der Waals surface area contributed by atoms with Crippen molar-refractivity contribution in [2.24, 2.45) is 0 Å². The monoisotopic (exact) mass is 423 g/mol. The first kappa shape index (κ1) is 19.4. The number of H-pyrrole nitrogens is 1. The van der Waals surface area contributed by atoms with Crippen LogP contribution < -0.4 is 0 Å². The molecule has 5 aromatic rings. The van der Waals surface area contributed by atoms with Crippen molar-refractivity contribution in [3.8, 4) is 22.3 Å². The van der Waals surface area contributed by atoms with Gasteiger partial charge in [-0.15, -0.1) is 0 Å². The van der Waals surface area contributed by atoms with Gasteiger partial charge in [-0.3, -0.25) is 10.1 Å². The molecule has 7 nitrogen and oxygen atoms in total.